The van der Waals surface area contributed by atoms with Gasteiger partial charge in [-0.1, -0.05) is 17.7 Å². The van der Waals surface area contributed by atoms with Crippen LogP contribution >= 0.6 is 11.6 Å². The monoisotopic (exact) mass is 333 g/mol. The Kier molecular flexibility index (Phi) is 3.84. The zero-order valence-electron chi connectivity index (χ0n) is 13.1. The SMILES string of the molecule is N#Cc1cccc(Nc2c3c(nc4ccc(Cl)cc24)CCCC3)c1. The van der Waals surface area contributed by atoms with E-state index in [1.54, 1.807) is 0 Å². The number of fused-ring (bicyclic) bond motifs is 2. The van der Waals surface area contributed by atoms with Crippen LogP contribution in [0.2, 0.25) is 5.02 Å². The molecule has 24 heavy (non-hydrogen) atoms. The molecule has 0 spiro atoms. The van der Waals surface area contributed by atoms with E-state index in [1.165, 1.54) is 24.1 Å². The lowest BCUT2D eigenvalue weighted by atomic mass is 9.92. The van der Waals surface area contributed by atoms with Gasteiger partial charge in [-0.25, -0.2) is 0 Å². The number of aryl methyl sites for hydroxylation is 1. The Hall–Kier alpha value is -2.57. The highest BCUT2D eigenvalue weighted by molar-refractivity contribution is 6.31. The van der Waals surface area contributed by atoms with E-state index < -0.39 is 0 Å². The largest absolute Gasteiger partial charge is 0.355 e. The van der Waals surface area contributed by atoms with Crippen LogP contribution in [0.25, 0.3) is 10.9 Å². The van der Waals surface area contributed by atoms with Crippen LogP contribution in [-0.4, -0.2) is 4.98 Å². The summed E-state index contributed by atoms with van der Waals surface area (Å²) in [5.41, 5.74) is 6.04. The van der Waals surface area contributed by atoms with Gasteiger partial charge in [0.15, 0.2) is 0 Å². The summed E-state index contributed by atoms with van der Waals surface area (Å²) in [5, 5.41) is 14.4. The molecule has 1 aromatic heterocycles. The molecule has 4 rings (SSSR count). The second kappa shape index (κ2) is 6.14. The summed E-state index contributed by atoms with van der Waals surface area (Å²) >= 11 is 6.23. The number of halogens is 1. The van der Waals surface area contributed by atoms with Gasteiger partial charge in [-0.15, -0.1) is 0 Å². The fourth-order valence-corrected chi connectivity index (χ4v) is 3.52. The number of aromatic nitrogens is 1. The number of hydrogen-bond acceptors (Lipinski definition) is 3. The van der Waals surface area contributed by atoms with Crippen LogP contribution in [0.1, 0.15) is 29.7 Å². The minimum atomic E-state index is 0.644. The lowest BCUT2D eigenvalue weighted by Gasteiger charge is -2.22. The molecule has 2 aromatic carbocycles. The van der Waals surface area contributed by atoms with Gasteiger partial charge in [-0.3, -0.25) is 4.98 Å². The molecule has 4 heteroatoms. The zero-order chi connectivity index (χ0) is 16.5. The molecule has 3 aromatic rings. The molecule has 0 atom stereocenters. The van der Waals surface area contributed by atoms with Crippen molar-refractivity contribution in [2.24, 2.45) is 0 Å². The van der Waals surface area contributed by atoms with E-state index in [1.807, 2.05) is 42.5 Å². The van der Waals surface area contributed by atoms with Crippen molar-refractivity contribution < 1.29 is 0 Å². The molecule has 0 fully saturated rings. The van der Waals surface area contributed by atoms with Crippen molar-refractivity contribution in [3.05, 3.63) is 64.3 Å². The van der Waals surface area contributed by atoms with Gasteiger partial charge in [-0.05, 0) is 67.6 Å². The fourth-order valence-electron chi connectivity index (χ4n) is 3.35. The normalized spacial score (nSPS) is 13.3. The highest BCUT2D eigenvalue weighted by Crippen LogP contribution is 2.36. The van der Waals surface area contributed by atoms with E-state index in [2.05, 4.69) is 11.4 Å². The third-order valence-corrected chi connectivity index (χ3v) is 4.72. The van der Waals surface area contributed by atoms with Crippen LogP contribution < -0.4 is 5.32 Å². The molecule has 1 aliphatic rings. The molecule has 3 nitrogen and oxygen atoms in total. The molecule has 1 N–H and O–H groups in total. The number of anilines is 2. The Morgan fingerprint density at radius 1 is 1.08 bits per heavy atom. The first-order valence-corrected chi connectivity index (χ1v) is 8.50. The van der Waals surface area contributed by atoms with E-state index >= 15 is 0 Å². The van der Waals surface area contributed by atoms with Crippen molar-refractivity contribution in [2.75, 3.05) is 5.32 Å². The van der Waals surface area contributed by atoms with Gasteiger partial charge in [0, 0.05) is 21.8 Å². The molecule has 118 valence electrons. The van der Waals surface area contributed by atoms with Crippen molar-refractivity contribution >= 4 is 33.9 Å². The molecule has 0 saturated heterocycles. The lowest BCUT2D eigenvalue weighted by molar-refractivity contribution is 0.672. The minimum Gasteiger partial charge on any atom is -0.355 e. The summed E-state index contributed by atoms with van der Waals surface area (Å²) in [6.45, 7) is 0. The molecule has 0 radical (unpaired) electrons. The summed E-state index contributed by atoms with van der Waals surface area (Å²) < 4.78 is 0. The minimum absolute atomic E-state index is 0.644. The summed E-state index contributed by atoms with van der Waals surface area (Å²) in [6.07, 6.45) is 4.39. The van der Waals surface area contributed by atoms with Crippen molar-refractivity contribution in [3.8, 4) is 6.07 Å². The first kappa shape index (κ1) is 15.0. The number of benzene rings is 2. The third-order valence-electron chi connectivity index (χ3n) is 4.48. The van der Waals surface area contributed by atoms with Crippen molar-refractivity contribution in [1.82, 2.24) is 4.98 Å². The molecule has 0 aliphatic heterocycles. The van der Waals surface area contributed by atoms with Gasteiger partial charge in [0.2, 0.25) is 0 Å². The van der Waals surface area contributed by atoms with Gasteiger partial charge in [0.1, 0.15) is 0 Å². The van der Waals surface area contributed by atoms with E-state index in [0.717, 1.165) is 35.1 Å². The Bertz CT molecular complexity index is 973. The van der Waals surface area contributed by atoms with Crippen molar-refractivity contribution in [3.63, 3.8) is 0 Å². The highest BCUT2D eigenvalue weighted by atomic mass is 35.5. The van der Waals surface area contributed by atoms with Crippen LogP contribution in [0.4, 0.5) is 11.4 Å². The van der Waals surface area contributed by atoms with Crippen LogP contribution in [0.3, 0.4) is 0 Å². The number of pyridine rings is 1. The standard InChI is InChI=1S/C20H16ClN3/c21-14-8-9-19-17(11-14)20(16-6-1-2-7-18(16)24-19)23-15-5-3-4-13(10-15)12-22/h3-5,8-11H,1-2,6-7H2,(H,23,24). The van der Waals surface area contributed by atoms with Gasteiger partial charge in [0.25, 0.3) is 0 Å². The summed E-state index contributed by atoms with van der Waals surface area (Å²) in [6, 6.07) is 15.6. The van der Waals surface area contributed by atoms with E-state index in [-0.39, 0.29) is 0 Å². The number of hydrogen-bond donors (Lipinski definition) is 1. The zero-order valence-corrected chi connectivity index (χ0v) is 13.9. The molecule has 1 heterocycles. The third kappa shape index (κ3) is 2.70. The Morgan fingerprint density at radius 2 is 1.96 bits per heavy atom. The molecular weight excluding hydrogens is 318 g/mol. The van der Waals surface area contributed by atoms with Gasteiger partial charge < -0.3 is 5.32 Å². The Balaban J connectivity index is 1.91. The predicted molar refractivity (Wildman–Crippen MR) is 97.8 cm³/mol. The van der Waals surface area contributed by atoms with Gasteiger partial charge in [-0.2, -0.15) is 5.26 Å². The maximum atomic E-state index is 9.12. The van der Waals surface area contributed by atoms with Crippen LogP contribution in [0.5, 0.6) is 0 Å². The van der Waals surface area contributed by atoms with E-state index in [9.17, 15) is 0 Å². The smallest absolute Gasteiger partial charge is 0.0992 e. The van der Waals surface area contributed by atoms with Gasteiger partial charge in [0.05, 0.1) is 22.8 Å². The number of nitrogens with one attached hydrogen (secondary N) is 1. The second-order valence-corrected chi connectivity index (χ2v) is 6.53. The quantitative estimate of drug-likeness (QED) is 0.684. The summed E-state index contributed by atoms with van der Waals surface area (Å²) in [5.74, 6) is 0. The lowest BCUT2D eigenvalue weighted by Crippen LogP contribution is -2.09. The topological polar surface area (TPSA) is 48.7 Å². The number of nitriles is 1. The average Bonchev–Trinajstić information content (AvgIpc) is 2.62. The van der Waals surface area contributed by atoms with E-state index in [0.29, 0.717) is 10.6 Å². The molecule has 0 amide bonds. The number of nitrogens with zero attached hydrogens (tertiary/aromatic N) is 2. The maximum Gasteiger partial charge on any atom is 0.0992 e. The van der Waals surface area contributed by atoms with Crippen LogP contribution in [0, 0.1) is 11.3 Å². The highest BCUT2D eigenvalue weighted by Gasteiger charge is 2.18. The second-order valence-electron chi connectivity index (χ2n) is 6.10. The fraction of sp³-hybridized carbons (Fsp3) is 0.200. The number of rotatable bonds is 2. The Labute approximate surface area is 145 Å². The van der Waals surface area contributed by atoms with E-state index in [4.69, 9.17) is 21.8 Å². The summed E-state index contributed by atoms with van der Waals surface area (Å²) in [4.78, 5) is 4.84. The molecule has 0 unspecified atom stereocenters. The molecular formula is C20H16ClN3. The predicted octanol–water partition coefficient (Wildman–Crippen LogP) is 5.38. The van der Waals surface area contributed by atoms with Gasteiger partial charge >= 0.3 is 0 Å². The van der Waals surface area contributed by atoms with Crippen LogP contribution in [-0.2, 0) is 12.8 Å². The average molecular weight is 334 g/mol. The van der Waals surface area contributed by atoms with Crippen molar-refractivity contribution in [1.29, 1.82) is 5.26 Å². The first-order chi connectivity index (χ1) is 11.7. The molecule has 1 aliphatic carbocycles. The maximum absolute atomic E-state index is 9.12. The Morgan fingerprint density at radius 3 is 2.83 bits per heavy atom. The molecule has 0 saturated carbocycles. The van der Waals surface area contributed by atoms with Crippen molar-refractivity contribution in [2.45, 2.75) is 25.7 Å². The van der Waals surface area contributed by atoms with Crippen LogP contribution in [0.15, 0.2) is 42.5 Å². The summed E-state index contributed by atoms with van der Waals surface area (Å²) in [7, 11) is 0. The molecule has 0 bridgehead atoms. The first-order valence-electron chi connectivity index (χ1n) is 8.13.